The third-order valence-electron chi connectivity index (χ3n) is 4.95. The molecule has 0 bridgehead atoms. The van der Waals surface area contributed by atoms with Crippen molar-refractivity contribution < 1.29 is 19.7 Å². The number of likely N-dealkylation sites (tertiary alicyclic amines) is 1. The maximum Gasteiger partial charge on any atom is 0.165 e. The number of piperidine rings is 1. The van der Waals surface area contributed by atoms with Gasteiger partial charge in [0.1, 0.15) is 24.2 Å². The van der Waals surface area contributed by atoms with Crippen molar-refractivity contribution in [3.8, 4) is 23.0 Å². The second kappa shape index (κ2) is 6.84. The summed E-state index contributed by atoms with van der Waals surface area (Å²) in [4.78, 5) is 2.41. The minimum Gasteiger partial charge on any atom is -0.508 e. The van der Waals surface area contributed by atoms with Gasteiger partial charge in [-0.05, 0) is 55.1 Å². The van der Waals surface area contributed by atoms with E-state index in [1.807, 2.05) is 12.1 Å². The average Bonchev–Trinajstić information content (AvgIpc) is 2.62. The molecule has 0 aliphatic carbocycles. The minimum atomic E-state index is -0.0139. The first-order valence-electron chi connectivity index (χ1n) is 8.81. The molecular formula is C20H23NO4. The number of hydrogen-bond acceptors (Lipinski definition) is 5. The molecule has 2 atom stereocenters. The monoisotopic (exact) mass is 341 g/mol. The van der Waals surface area contributed by atoms with Gasteiger partial charge in [0.2, 0.25) is 0 Å². The Labute approximate surface area is 147 Å². The molecule has 2 N–H and O–H groups in total. The third kappa shape index (κ3) is 3.66. The topological polar surface area (TPSA) is 62.2 Å². The van der Waals surface area contributed by atoms with Crippen molar-refractivity contribution in [3.05, 3.63) is 48.0 Å². The summed E-state index contributed by atoms with van der Waals surface area (Å²) in [7, 11) is 0. The number of nitrogens with zero attached hydrogens (tertiary/aromatic N) is 1. The van der Waals surface area contributed by atoms with Crippen molar-refractivity contribution in [2.24, 2.45) is 0 Å². The summed E-state index contributed by atoms with van der Waals surface area (Å²) >= 11 is 0. The van der Waals surface area contributed by atoms with Crippen LogP contribution in [0.1, 0.15) is 24.3 Å². The summed E-state index contributed by atoms with van der Waals surface area (Å²) in [6, 6.07) is 12.5. The number of ether oxygens (including phenoxy) is 2. The van der Waals surface area contributed by atoms with Crippen molar-refractivity contribution in [3.63, 3.8) is 0 Å². The maximum absolute atomic E-state index is 9.72. The molecule has 2 aliphatic heterocycles. The molecule has 1 fully saturated rings. The summed E-state index contributed by atoms with van der Waals surface area (Å²) in [6.07, 6.45) is 2.27. The van der Waals surface area contributed by atoms with Crippen LogP contribution in [0, 0.1) is 0 Å². The Hall–Kier alpha value is -2.40. The quantitative estimate of drug-likeness (QED) is 0.898. The lowest BCUT2D eigenvalue weighted by Crippen LogP contribution is -2.44. The SMILES string of the molecule is Oc1cccc(C2CCCN(CC3COc4cc(O)ccc4O3)C2)c1. The van der Waals surface area contributed by atoms with Crippen molar-refractivity contribution in [2.75, 3.05) is 26.2 Å². The van der Waals surface area contributed by atoms with E-state index in [-0.39, 0.29) is 11.9 Å². The van der Waals surface area contributed by atoms with Crippen LogP contribution in [-0.2, 0) is 0 Å². The number of hydrogen-bond donors (Lipinski definition) is 2. The van der Waals surface area contributed by atoms with Crippen molar-refractivity contribution in [2.45, 2.75) is 24.9 Å². The Bertz CT molecular complexity index is 748. The second-order valence-corrected chi connectivity index (χ2v) is 6.88. The summed E-state index contributed by atoms with van der Waals surface area (Å²) in [5.41, 5.74) is 1.20. The molecule has 132 valence electrons. The Morgan fingerprint density at radius 2 is 1.92 bits per heavy atom. The van der Waals surface area contributed by atoms with Crippen LogP contribution in [0.15, 0.2) is 42.5 Å². The molecule has 2 aromatic carbocycles. The van der Waals surface area contributed by atoms with E-state index in [2.05, 4.69) is 11.0 Å². The predicted octanol–water partition coefficient (Wildman–Crippen LogP) is 3.12. The van der Waals surface area contributed by atoms with Crippen LogP contribution >= 0.6 is 0 Å². The van der Waals surface area contributed by atoms with E-state index < -0.39 is 0 Å². The van der Waals surface area contributed by atoms with Crippen LogP contribution in [0.25, 0.3) is 0 Å². The number of aromatic hydroxyl groups is 2. The van der Waals surface area contributed by atoms with Crippen LogP contribution in [0.2, 0.25) is 0 Å². The molecule has 0 aromatic heterocycles. The molecular weight excluding hydrogens is 318 g/mol. The number of rotatable bonds is 3. The smallest absolute Gasteiger partial charge is 0.165 e. The Kier molecular flexibility index (Phi) is 4.40. The lowest BCUT2D eigenvalue weighted by Gasteiger charge is -2.36. The third-order valence-corrected chi connectivity index (χ3v) is 4.95. The number of fused-ring (bicyclic) bond motifs is 1. The van der Waals surface area contributed by atoms with Gasteiger partial charge in [-0.25, -0.2) is 0 Å². The van der Waals surface area contributed by atoms with E-state index in [1.54, 1.807) is 24.3 Å². The van der Waals surface area contributed by atoms with E-state index >= 15 is 0 Å². The van der Waals surface area contributed by atoms with Gasteiger partial charge in [-0.2, -0.15) is 0 Å². The first kappa shape index (κ1) is 16.1. The zero-order valence-corrected chi connectivity index (χ0v) is 14.1. The van der Waals surface area contributed by atoms with Crippen molar-refractivity contribution in [1.29, 1.82) is 0 Å². The van der Waals surface area contributed by atoms with Gasteiger partial charge in [0.25, 0.3) is 0 Å². The zero-order chi connectivity index (χ0) is 17.2. The zero-order valence-electron chi connectivity index (χ0n) is 14.1. The van der Waals surface area contributed by atoms with Crippen LogP contribution in [0.5, 0.6) is 23.0 Å². The first-order valence-corrected chi connectivity index (χ1v) is 8.81. The van der Waals surface area contributed by atoms with Gasteiger partial charge in [0.15, 0.2) is 11.5 Å². The fourth-order valence-corrected chi connectivity index (χ4v) is 3.75. The highest BCUT2D eigenvalue weighted by Gasteiger charge is 2.27. The van der Waals surface area contributed by atoms with Crippen molar-refractivity contribution in [1.82, 2.24) is 4.90 Å². The molecule has 5 heteroatoms. The van der Waals surface area contributed by atoms with Gasteiger partial charge in [-0.3, -0.25) is 4.90 Å². The molecule has 4 rings (SSSR count). The van der Waals surface area contributed by atoms with Gasteiger partial charge >= 0.3 is 0 Å². The summed E-state index contributed by atoms with van der Waals surface area (Å²) in [6.45, 7) is 3.32. The van der Waals surface area contributed by atoms with Crippen LogP contribution in [-0.4, -0.2) is 47.5 Å². The minimum absolute atomic E-state index is 0.0139. The van der Waals surface area contributed by atoms with E-state index in [1.165, 1.54) is 5.56 Å². The Morgan fingerprint density at radius 3 is 2.80 bits per heavy atom. The van der Waals surface area contributed by atoms with E-state index in [4.69, 9.17) is 9.47 Å². The Balaban J connectivity index is 1.39. The Morgan fingerprint density at radius 1 is 1.04 bits per heavy atom. The van der Waals surface area contributed by atoms with Gasteiger partial charge < -0.3 is 19.7 Å². The molecule has 0 radical (unpaired) electrons. The standard InChI is InChI=1S/C20H23NO4/c22-16-5-1-3-14(9-16)15-4-2-8-21(11-15)12-18-13-24-20-10-17(23)6-7-19(20)25-18/h1,3,5-7,9-10,15,18,22-23H,2,4,8,11-13H2. The van der Waals surface area contributed by atoms with Gasteiger partial charge in [0.05, 0.1) is 0 Å². The molecule has 2 heterocycles. The van der Waals surface area contributed by atoms with Crippen LogP contribution in [0.3, 0.4) is 0 Å². The highest BCUT2D eigenvalue weighted by atomic mass is 16.6. The highest BCUT2D eigenvalue weighted by Crippen LogP contribution is 2.35. The lowest BCUT2D eigenvalue weighted by atomic mass is 9.90. The molecule has 2 aromatic rings. The van der Waals surface area contributed by atoms with Gasteiger partial charge in [-0.1, -0.05) is 12.1 Å². The predicted molar refractivity (Wildman–Crippen MR) is 94.5 cm³/mol. The largest absolute Gasteiger partial charge is 0.508 e. The molecule has 0 amide bonds. The number of benzene rings is 2. The number of phenolic OH excluding ortho intramolecular Hbond substituents is 2. The van der Waals surface area contributed by atoms with E-state index in [0.717, 1.165) is 32.5 Å². The lowest BCUT2D eigenvalue weighted by molar-refractivity contribution is 0.0502. The summed E-state index contributed by atoms with van der Waals surface area (Å²) in [5.74, 6) is 2.25. The molecule has 0 saturated carbocycles. The highest BCUT2D eigenvalue weighted by molar-refractivity contribution is 5.46. The molecule has 0 spiro atoms. The number of phenols is 2. The molecule has 1 saturated heterocycles. The fourth-order valence-electron chi connectivity index (χ4n) is 3.75. The van der Waals surface area contributed by atoms with Crippen molar-refractivity contribution >= 4 is 0 Å². The van der Waals surface area contributed by atoms with E-state index in [0.29, 0.717) is 29.8 Å². The summed E-state index contributed by atoms with van der Waals surface area (Å²) < 4.78 is 11.8. The molecule has 2 aliphatic rings. The van der Waals surface area contributed by atoms with Crippen LogP contribution in [0.4, 0.5) is 0 Å². The normalized spacial score (nSPS) is 23.4. The summed E-state index contributed by atoms with van der Waals surface area (Å²) in [5, 5.41) is 19.2. The molecule has 25 heavy (non-hydrogen) atoms. The van der Waals surface area contributed by atoms with E-state index in [9.17, 15) is 10.2 Å². The molecule has 2 unspecified atom stereocenters. The van der Waals surface area contributed by atoms with Crippen LogP contribution < -0.4 is 9.47 Å². The average molecular weight is 341 g/mol. The second-order valence-electron chi connectivity index (χ2n) is 6.88. The van der Waals surface area contributed by atoms with Gasteiger partial charge in [0, 0.05) is 19.2 Å². The van der Waals surface area contributed by atoms with Gasteiger partial charge in [-0.15, -0.1) is 0 Å². The fraction of sp³-hybridized carbons (Fsp3) is 0.400. The maximum atomic E-state index is 9.72. The first-order chi connectivity index (χ1) is 12.2. The molecule has 5 nitrogen and oxygen atoms in total.